The van der Waals surface area contributed by atoms with Crippen molar-refractivity contribution in [3.05, 3.63) is 28.2 Å². The van der Waals surface area contributed by atoms with Gasteiger partial charge in [0.2, 0.25) is 0 Å². The molecule has 2 nitrogen and oxygen atoms in total. The van der Waals surface area contributed by atoms with Gasteiger partial charge >= 0.3 is 0 Å². The van der Waals surface area contributed by atoms with Crippen LogP contribution >= 0.6 is 15.9 Å². The number of halogens is 1. The van der Waals surface area contributed by atoms with E-state index < -0.39 is 0 Å². The summed E-state index contributed by atoms with van der Waals surface area (Å²) in [6.07, 6.45) is 5.16. The van der Waals surface area contributed by atoms with E-state index in [1.807, 2.05) is 12.1 Å². The quantitative estimate of drug-likeness (QED) is 0.588. The van der Waals surface area contributed by atoms with E-state index in [-0.39, 0.29) is 0 Å². The van der Waals surface area contributed by atoms with Crippen molar-refractivity contribution in [2.45, 2.75) is 52.1 Å². The summed E-state index contributed by atoms with van der Waals surface area (Å²) in [4.78, 5) is 0. The van der Waals surface area contributed by atoms with Crippen LogP contribution < -0.4 is 11.1 Å². The lowest BCUT2D eigenvalue weighted by molar-refractivity contribution is 0.487. The first-order valence-electron chi connectivity index (χ1n) is 6.40. The molecule has 0 heterocycles. The van der Waals surface area contributed by atoms with Gasteiger partial charge in [-0.2, -0.15) is 0 Å². The minimum absolute atomic E-state index is 0.560. The number of nitrogens with two attached hydrogens (primary N) is 1. The third-order valence-electron chi connectivity index (χ3n) is 2.99. The average Bonchev–Trinajstić information content (AvgIpc) is 2.28. The molecule has 1 unspecified atom stereocenters. The predicted molar refractivity (Wildman–Crippen MR) is 79.0 cm³/mol. The summed E-state index contributed by atoms with van der Waals surface area (Å²) in [5.41, 5.74) is 7.99. The Bertz CT molecular complexity index is 339. The van der Waals surface area contributed by atoms with E-state index in [0.29, 0.717) is 6.04 Å². The monoisotopic (exact) mass is 298 g/mol. The molecule has 0 fully saturated rings. The molecule has 0 amide bonds. The average molecular weight is 299 g/mol. The molecule has 3 N–H and O–H groups in total. The zero-order chi connectivity index (χ0) is 12.7. The number of nitrogens with one attached hydrogen (secondary N) is 1. The van der Waals surface area contributed by atoms with Crippen molar-refractivity contribution in [2.75, 3.05) is 5.73 Å². The van der Waals surface area contributed by atoms with E-state index in [4.69, 9.17) is 5.73 Å². The molecule has 0 radical (unpaired) electrons. The number of unbranched alkanes of at least 4 members (excludes halogenated alkanes) is 2. The lowest BCUT2D eigenvalue weighted by Gasteiger charge is -2.14. The van der Waals surface area contributed by atoms with Crippen LogP contribution in [0.2, 0.25) is 0 Å². The molecule has 1 aromatic carbocycles. The molecule has 96 valence electrons. The van der Waals surface area contributed by atoms with Gasteiger partial charge in [-0.25, -0.2) is 0 Å². The Morgan fingerprint density at radius 3 is 2.76 bits per heavy atom. The lowest BCUT2D eigenvalue weighted by Crippen LogP contribution is -2.25. The number of nitrogen functional groups attached to an aromatic ring is 1. The fourth-order valence-electron chi connectivity index (χ4n) is 1.81. The Balaban J connectivity index is 2.34. The Morgan fingerprint density at radius 1 is 1.35 bits per heavy atom. The molecule has 0 saturated heterocycles. The number of hydrogen-bond acceptors (Lipinski definition) is 2. The Labute approximate surface area is 113 Å². The first-order valence-corrected chi connectivity index (χ1v) is 7.20. The molecular formula is C14H23BrN2. The Morgan fingerprint density at radius 2 is 2.12 bits per heavy atom. The van der Waals surface area contributed by atoms with Gasteiger partial charge in [0.1, 0.15) is 0 Å². The molecule has 17 heavy (non-hydrogen) atoms. The topological polar surface area (TPSA) is 38.0 Å². The smallest absolute Gasteiger partial charge is 0.0370 e. The fourth-order valence-corrected chi connectivity index (χ4v) is 2.19. The van der Waals surface area contributed by atoms with Gasteiger partial charge in [0, 0.05) is 22.7 Å². The normalized spacial score (nSPS) is 12.6. The molecule has 0 aliphatic heterocycles. The largest absolute Gasteiger partial charge is 0.398 e. The molecule has 0 bridgehead atoms. The van der Waals surface area contributed by atoms with Crippen LogP contribution in [0.15, 0.2) is 22.7 Å². The van der Waals surface area contributed by atoms with Crippen LogP contribution in [-0.2, 0) is 6.54 Å². The number of hydrogen-bond donors (Lipinski definition) is 2. The number of rotatable bonds is 7. The van der Waals surface area contributed by atoms with Gasteiger partial charge in [-0.05, 0) is 31.0 Å². The molecule has 3 heteroatoms. The zero-order valence-electron chi connectivity index (χ0n) is 10.8. The third-order valence-corrected chi connectivity index (χ3v) is 3.48. The molecule has 0 spiro atoms. The molecular weight excluding hydrogens is 276 g/mol. The minimum atomic E-state index is 0.560. The van der Waals surface area contributed by atoms with Gasteiger partial charge in [-0.1, -0.05) is 48.2 Å². The van der Waals surface area contributed by atoms with Crippen LogP contribution in [0.5, 0.6) is 0 Å². The van der Waals surface area contributed by atoms with Gasteiger partial charge in [-0.3, -0.25) is 0 Å². The lowest BCUT2D eigenvalue weighted by atomic mass is 10.1. The first kappa shape index (κ1) is 14.5. The maximum atomic E-state index is 5.96. The zero-order valence-corrected chi connectivity index (χ0v) is 12.4. The SMILES string of the molecule is CCCCCC(C)NCc1ccc(Br)cc1N. The van der Waals surface area contributed by atoms with Crippen molar-refractivity contribution < 1.29 is 0 Å². The van der Waals surface area contributed by atoms with Gasteiger partial charge in [0.25, 0.3) is 0 Å². The van der Waals surface area contributed by atoms with Crippen molar-refractivity contribution in [3.63, 3.8) is 0 Å². The van der Waals surface area contributed by atoms with Crippen LogP contribution in [0, 0.1) is 0 Å². The second-order valence-electron chi connectivity index (χ2n) is 4.62. The highest BCUT2D eigenvalue weighted by Crippen LogP contribution is 2.18. The van der Waals surface area contributed by atoms with Crippen LogP contribution in [0.4, 0.5) is 5.69 Å². The maximum Gasteiger partial charge on any atom is 0.0370 e. The number of benzene rings is 1. The minimum Gasteiger partial charge on any atom is -0.398 e. The van der Waals surface area contributed by atoms with Crippen LogP contribution in [0.25, 0.3) is 0 Å². The van der Waals surface area contributed by atoms with Crippen molar-refractivity contribution in [1.82, 2.24) is 5.32 Å². The molecule has 1 aromatic rings. The molecule has 0 aromatic heterocycles. The summed E-state index contributed by atoms with van der Waals surface area (Å²) in [6, 6.07) is 6.63. The summed E-state index contributed by atoms with van der Waals surface area (Å²) in [6.45, 7) is 5.33. The number of anilines is 1. The van der Waals surface area contributed by atoms with Crippen molar-refractivity contribution in [3.8, 4) is 0 Å². The molecule has 0 saturated carbocycles. The predicted octanol–water partition coefficient (Wildman–Crippen LogP) is 4.09. The summed E-state index contributed by atoms with van der Waals surface area (Å²) in [5, 5.41) is 3.52. The summed E-state index contributed by atoms with van der Waals surface area (Å²) in [7, 11) is 0. The summed E-state index contributed by atoms with van der Waals surface area (Å²) >= 11 is 3.42. The second-order valence-corrected chi connectivity index (χ2v) is 5.54. The van der Waals surface area contributed by atoms with E-state index in [1.54, 1.807) is 0 Å². The molecule has 1 rings (SSSR count). The van der Waals surface area contributed by atoms with Crippen LogP contribution in [-0.4, -0.2) is 6.04 Å². The van der Waals surface area contributed by atoms with Gasteiger partial charge < -0.3 is 11.1 Å². The second kappa shape index (κ2) is 7.72. The van der Waals surface area contributed by atoms with E-state index in [0.717, 1.165) is 16.7 Å². The molecule has 1 atom stereocenters. The van der Waals surface area contributed by atoms with E-state index in [9.17, 15) is 0 Å². The third kappa shape index (κ3) is 5.55. The van der Waals surface area contributed by atoms with Crippen molar-refractivity contribution >= 4 is 21.6 Å². The van der Waals surface area contributed by atoms with E-state index in [1.165, 1.54) is 31.2 Å². The van der Waals surface area contributed by atoms with Crippen molar-refractivity contribution in [1.29, 1.82) is 0 Å². The fraction of sp³-hybridized carbons (Fsp3) is 0.571. The van der Waals surface area contributed by atoms with Gasteiger partial charge in [-0.15, -0.1) is 0 Å². The standard InChI is InChI=1S/C14H23BrN2/c1-3-4-5-6-11(2)17-10-12-7-8-13(15)9-14(12)16/h7-9,11,17H,3-6,10,16H2,1-2H3. The highest BCUT2D eigenvalue weighted by atomic mass is 79.9. The van der Waals surface area contributed by atoms with Crippen LogP contribution in [0.3, 0.4) is 0 Å². The Hall–Kier alpha value is -0.540. The van der Waals surface area contributed by atoms with Gasteiger partial charge in [0.15, 0.2) is 0 Å². The Kier molecular flexibility index (Phi) is 6.60. The van der Waals surface area contributed by atoms with Crippen molar-refractivity contribution in [2.24, 2.45) is 0 Å². The van der Waals surface area contributed by atoms with E-state index in [2.05, 4.69) is 41.2 Å². The highest BCUT2D eigenvalue weighted by Gasteiger charge is 2.03. The first-order chi connectivity index (χ1) is 8.13. The van der Waals surface area contributed by atoms with E-state index >= 15 is 0 Å². The summed E-state index contributed by atoms with van der Waals surface area (Å²) in [5.74, 6) is 0. The highest BCUT2D eigenvalue weighted by molar-refractivity contribution is 9.10. The molecule has 0 aliphatic rings. The maximum absolute atomic E-state index is 5.96. The molecule has 0 aliphatic carbocycles. The van der Waals surface area contributed by atoms with Crippen LogP contribution in [0.1, 0.15) is 45.1 Å². The summed E-state index contributed by atoms with van der Waals surface area (Å²) < 4.78 is 1.04. The van der Waals surface area contributed by atoms with Gasteiger partial charge in [0.05, 0.1) is 0 Å².